The molecule has 2 heterocycles. The fourth-order valence-electron chi connectivity index (χ4n) is 3.47. The van der Waals surface area contributed by atoms with Crippen LogP contribution in [0.3, 0.4) is 0 Å². The van der Waals surface area contributed by atoms with Crippen LogP contribution in [0.4, 0.5) is 0 Å². The van der Waals surface area contributed by atoms with Crippen LogP contribution in [-0.4, -0.2) is 41.2 Å². The molecule has 2 fully saturated rings. The Kier molecular flexibility index (Phi) is 3.06. The van der Waals surface area contributed by atoms with Gasteiger partial charge in [-0.15, -0.1) is 0 Å². The quantitative estimate of drug-likeness (QED) is 0.588. The lowest BCUT2D eigenvalue weighted by Gasteiger charge is -2.34. The zero-order valence-corrected chi connectivity index (χ0v) is 10.3. The molecule has 3 nitrogen and oxygen atoms in total. The monoisotopic (exact) mass is 224 g/mol. The van der Waals surface area contributed by atoms with Crippen molar-refractivity contribution < 1.29 is 14.4 Å². The maximum Gasteiger partial charge on any atom is 0.312 e. The average Bonchev–Trinajstić information content (AvgIpc) is 2.71. The van der Waals surface area contributed by atoms with Crippen molar-refractivity contribution in [2.45, 2.75) is 39.2 Å². The Labute approximate surface area is 97.3 Å². The Balaban J connectivity index is 2.15. The number of allylic oxidation sites excluding steroid dienone is 1. The molecule has 2 aliphatic rings. The molecule has 3 heteroatoms. The van der Waals surface area contributed by atoms with E-state index in [2.05, 4.69) is 19.9 Å². The molecule has 0 unspecified atom stereocenters. The Bertz CT molecular complexity index is 320. The highest BCUT2D eigenvalue weighted by Gasteiger charge is 2.53. The third-order valence-corrected chi connectivity index (χ3v) is 4.34. The molecule has 0 amide bonds. The van der Waals surface area contributed by atoms with Gasteiger partial charge < -0.3 is 9.59 Å². The van der Waals surface area contributed by atoms with E-state index in [1.807, 2.05) is 0 Å². The van der Waals surface area contributed by atoms with Crippen molar-refractivity contribution in [3.8, 4) is 0 Å². The summed E-state index contributed by atoms with van der Waals surface area (Å²) < 4.78 is 1.04. The molecule has 90 valence electrons. The summed E-state index contributed by atoms with van der Waals surface area (Å²) in [4.78, 5) is 11.2. The molecule has 2 aliphatic heterocycles. The van der Waals surface area contributed by atoms with Crippen molar-refractivity contribution in [3.05, 3.63) is 11.6 Å². The summed E-state index contributed by atoms with van der Waals surface area (Å²) in [6, 6.07) is 0.382. The highest BCUT2D eigenvalue weighted by Crippen LogP contribution is 2.40. The van der Waals surface area contributed by atoms with Crippen LogP contribution in [0.1, 0.15) is 33.1 Å². The van der Waals surface area contributed by atoms with Crippen molar-refractivity contribution in [1.29, 1.82) is 0 Å². The lowest BCUT2D eigenvalue weighted by atomic mass is 9.98. The zero-order chi connectivity index (χ0) is 11.8. The highest BCUT2D eigenvalue weighted by molar-refractivity contribution is 5.71. The first kappa shape index (κ1) is 11.6. The predicted octanol–water partition coefficient (Wildman–Crippen LogP) is 2.04. The second-order valence-electron chi connectivity index (χ2n) is 5.57. The first-order valence-corrected chi connectivity index (χ1v) is 6.27. The van der Waals surface area contributed by atoms with Crippen molar-refractivity contribution in [1.82, 2.24) is 0 Å². The van der Waals surface area contributed by atoms with Crippen LogP contribution in [0.2, 0.25) is 0 Å². The second-order valence-corrected chi connectivity index (χ2v) is 5.57. The number of carboxylic acid groups (broad SMARTS) is 1. The molecule has 0 aliphatic carbocycles. The summed E-state index contributed by atoms with van der Waals surface area (Å²) in [5, 5.41) is 9.23. The Morgan fingerprint density at radius 2 is 2.12 bits per heavy atom. The standard InChI is InChI=1S/C13H21NO2/c1-10(2)5-8-14-7-3-4-12(14)11(6-9-14)13(15)16/h5,11-12H,3-4,6-9H2,1-2H3/p+1/t11-,12+,14+/m0/s1. The van der Waals surface area contributed by atoms with E-state index in [1.165, 1.54) is 18.5 Å². The number of carbonyl (C=O) groups is 1. The minimum absolute atomic E-state index is 0.0898. The van der Waals surface area contributed by atoms with Gasteiger partial charge in [-0.3, -0.25) is 4.79 Å². The van der Waals surface area contributed by atoms with Crippen LogP contribution in [0.25, 0.3) is 0 Å². The van der Waals surface area contributed by atoms with Crippen LogP contribution < -0.4 is 0 Å². The van der Waals surface area contributed by atoms with Crippen molar-refractivity contribution in [2.24, 2.45) is 5.92 Å². The molecule has 1 N–H and O–H groups in total. The van der Waals surface area contributed by atoms with Crippen molar-refractivity contribution >= 4 is 5.97 Å². The van der Waals surface area contributed by atoms with E-state index in [1.54, 1.807) is 0 Å². The van der Waals surface area contributed by atoms with E-state index in [0.29, 0.717) is 6.04 Å². The number of quaternary nitrogens is 1. The van der Waals surface area contributed by atoms with Gasteiger partial charge in [0.25, 0.3) is 0 Å². The van der Waals surface area contributed by atoms with Gasteiger partial charge in [0, 0.05) is 19.3 Å². The summed E-state index contributed by atoms with van der Waals surface area (Å²) in [7, 11) is 0. The molecule has 0 aromatic carbocycles. The summed E-state index contributed by atoms with van der Waals surface area (Å²) in [6.45, 7) is 7.52. The van der Waals surface area contributed by atoms with Gasteiger partial charge in [-0.25, -0.2) is 0 Å². The minimum atomic E-state index is -0.580. The first-order valence-electron chi connectivity index (χ1n) is 6.27. The number of carboxylic acids is 1. The number of hydrogen-bond donors (Lipinski definition) is 1. The maximum absolute atomic E-state index is 11.2. The van der Waals surface area contributed by atoms with Gasteiger partial charge in [0.05, 0.1) is 19.6 Å². The predicted molar refractivity (Wildman–Crippen MR) is 63.1 cm³/mol. The van der Waals surface area contributed by atoms with Crippen LogP contribution in [-0.2, 0) is 4.79 Å². The lowest BCUT2D eigenvalue weighted by Crippen LogP contribution is -2.49. The van der Waals surface area contributed by atoms with Gasteiger partial charge in [-0.05, 0) is 19.9 Å². The molecular formula is C13H22NO2+. The fraction of sp³-hybridized carbons (Fsp3) is 0.769. The molecule has 0 saturated carbocycles. The normalized spacial score (nSPS) is 37.1. The number of fused-ring (bicyclic) bond motifs is 1. The molecule has 0 bridgehead atoms. The van der Waals surface area contributed by atoms with E-state index in [4.69, 9.17) is 0 Å². The summed E-state index contributed by atoms with van der Waals surface area (Å²) in [5.41, 5.74) is 1.34. The first-order chi connectivity index (χ1) is 7.55. The summed E-state index contributed by atoms with van der Waals surface area (Å²) in [6.07, 6.45) is 5.46. The third kappa shape index (κ3) is 1.88. The fourth-order valence-corrected chi connectivity index (χ4v) is 3.47. The van der Waals surface area contributed by atoms with E-state index in [9.17, 15) is 9.90 Å². The zero-order valence-electron chi connectivity index (χ0n) is 10.3. The van der Waals surface area contributed by atoms with Crippen LogP contribution in [0, 0.1) is 5.92 Å². The largest absolute Gasteiger partial charge is 0.481 e. The molecule has 0 radical (unpaired) electrons. The molecule has 16 heavy (non-hydrogen) atoms. The van der Waals surface area contributed by atoms with E-state index in [-0.39, 0.29) is 5.92 Å². The van der Waals surface area contributed by atoms with Gasteiger partial charge in [-0.1, -0.05) is 5.57 Å². The van der Waals surface area contributed by atoms with Crippen LogP contribution >= 0.6 is 0 Å². The number of aliphatic carboxylic acids is 1. The van der Waals surface area contributed by atoms with Gasteiger partial charge in [0.2, 0.25) is 0 Å². The lowest BCUT2D eigenvalue weighted by molar-refractivity contribution is -0.923. The Hall–Kier alpha value is -0.830. The van der Waals surface area contributed by atoms with Gasteiger partial charge in [0.15, 0.2) is 0 Å². The van der Waals surface area contributed by atoms with Crippen LogP contribution in [0.15, 0.2) is 11.6 Å². The molecule has 0 aromatic rings. The summed E-state index contributed by atoms with van der Waals surface area (Å²) >= 11 is 0. The molecule has 2 rings (SSSR count). The van der Waals surface area contributed by atoms with Crippen LogP contribution in [0.5, 0.6) is 0 Å². The third-order valence-electron chi connectivity index (χ3n) is 4.34. The molecule has 2 saturated heterocycles. The van der Waals surface area contributed by atoms with E-state index in [0.717, 1.165) is 30.4 Å². The average molecular weight is 224 g/mol. The molecule has 0 aromatic heterocycles. The van der Waals surface area contributed by atoms with Crippen molar-refractivity contribution in [3.63, 3.8) is 0 Å². The second kappa shape index (κ2) is 4.21. The molecule has 0 spiro atoms. The molecule has 3 atom stereocenters. The highest BCUT2D eigenvalue weighted by atomic mass is 16.4. The summed E-state index contributed by atoms with van der Waals surface area (Å²) in [5.74, 6) is -0.669. The van der Waals surface area contributed by atoms with E-state index < -0.39 is 5.97 Å². The minimum Gasteiger partial charge on any atom is -0.481 e. The SMILES string of the molecule is CC(C)=CC[N@@+]12CCC[C@@H]1[C@@H](C(=O)O)CC2. The number of rotatable bonds is 3. The topological polar surface area (TPSA) is 37.3 Å². The van der Waals surface area contributed by atoms with Gasteiger partial charge in [0.1, 0.15) is 12.0 Å². The molecular weight excluding hydrogens is 202 g/mol. The Morgan fingerprint density at radius 3 is 2.75 bits per heavy atom. The van der Waals surface area contributed by atoms with Crippen molar-refractivity contribution in [2.75, 3.05) is 19.6 Å². The Morgan fingerprint density at radius 1 is 1.38 bits per heavy atom. The van der Waals surface area contributed by atoms with Gasteiger partial charge in [-0.2, -0.15) is 0 Å². The number of hydrogen-bond acceptors (Lipinski definition) is 1. The van der Waals surface area contributed by atoms with E-state index >= 15 is 0 Å². The maximum atomic E-state index is 11.2. The number of nitrogens with zero attached hydrogens (tertiary/aromatic N) is 1. The van der Waals surface area contributed by atoms with Gasteiger partial charge >= 0.3 is 5.97 Å². The smallest absolute Gasteiger partial charge is 0.312 e.